The standard InChI is InChI=1S/C22H25ClN4O2S/c1-3-27-20(6-4-5-16-7-13-19(29-2)14-8-16)25-26-22(27)30-15-21(28)24-18-11-9-17(23)10-12-18/h7-14H,3-6,15H2,1-2H3,(H,24,28). The highest BCUT2D eigenvalue weighted by molar-refractivity contribution is 7.99. The molecule has 1 heterocycles. The van der Waals surface area contributed by atoms with Crippen LogP contribution in [-0.2, 0) is 24.2 Å². The number of hydrogen-bond acceptors (Lipinski definition) is 5. The molecule has 3 aromatic rings. The van der Waals surface area contributed by atoms with Crippen molar-refractivity contribution in [2.24, 2.45) is 0 Å². The Bertz CT molecular complexity index is 958. The topological polar surface area (TPSA) is 69.0 Å². The Kier molecular flexibility index (Phi) is 8.16. The van der Waals surface area contributed by atoms with Crippen LogP contribution in [0.5, 0.6) is 5.75 Å². The first-order chi connectivity index (χ1) is 14.6. The zero-order valence-corrected chi connectivity index (χ0v) is 18.7. The summed E-state index contributed by atoms with van der Waals surface area (Å²) < 4.78 is 7.27. The number of nitrogens with one attached hydrogen (secondary N) is 1. The molecule has 3 rings (SSSR count). The zero-order valence-electron chi connectivity index (χ0n) is 17.1. The lowest BCUT2D eigenvalue weighted by Gasteiger charge is -2.08. The fraction of sp³-hybridized carbons (Fsp3) is 0.318. The van der Waals surface area contributed by atoms with Gasteiger partial charge in [-0.2, -0.15) is 0 Å². The van der Waals surface area contributed by atoms with Gasteiger partial charge in [-0.15, -0.1) is 10.2 Å². The highest BCUT2D eigenvalue weighted by atomic mass is 35.5. The number of ether oxygens (including phenoxy) is 1. The molecular formula is C22H25ClN4O2S. The first kappa shape index (κ1) is 22.2. The van der Waals surface area contributed by atoms with E-state index in [1.54, 1.807) is 31.4 Å². The lowest BCUT2D eigenvalue weighted by Crippen LogP contribution is -2.14. The number of amides is 1. The second-order valence-electron chi connectivity index (χ2n) is 6.69. The molecule has 1 aromatic heterocycles. The predicted octanol–water partition coefficient (Wildman–Crippen LogP) is 4.87. The Balaban J connectivity index is 1.50. The third kappa shape index (κ3) is 6.24. The molecule has 2 aromatic carbocycles. The molecule has 0 fully saturated rings. The van der Waals surface area contributed by atoms with Gasteiger partial charge in [0.25, 0.3) is 0 Å². The van der Waals surface area contributed by atoms with Gasteiger partial charge in [0.1, 0.15) is 11.6 Å². The van der Waals surface area contributed by atoms with Crippen LogP contribution in [0.2, 0.25) is 5.02 Å². The number of rotatable bonds is 10. The van der Waals surface area contributed by atoms with E-state index in [4.69, 9.17) is 16.3 Å². The van der Waals surface area contributed by atoms with Crippen LogP contribution < -0.4 is 10.1 Å². The van der Waals surface area contributed by atoms with Crippen LogP contribution >= 0.6 is 23.4 Å². The maximum absolute atomic E-state index is 12.2. The zero-order chi connectivity index (χ0) is 21.3. The summed E-state index contributed by atoms with van der Waals surface area (Å²) >= 11 is 7.26. The van der Waals surface area contributed by atoms with Gasteiger partial charge >= 0.3 is 0 Å². The molecule has 6 nitrogen and oxygen atoms in total. The van der Waals surface area contributed by atoms with Crippen molar-refractivity contribution in [3.8, 4) is 5.75 Å². The summed E-state index contributed by atoms with van der Waals surface area (Å²) in [4.78, 5) is 12.2. The monoisotopic (exact) mass is 444 g/mol. The summed E-state index contributed by atoms with van der Waals surface area (Å²) in [5.41, 5.74) is 1.99. The first-order valence-corrected chi connectivity index (χ1v) is 11.2. The normalized spacial score (nSPS) is 10.8. The molecule has 8 heteroatoms. The lowest BCUT2D eigenvalue weighted by atomic mass is 10.1. The average Bonchev–Trinajstić information content (AvgIpc) is 3.16. The number of anilines is 1. The first-order valence-electron chi connectivity index (χ1n) is 9.82. The number of aromatic nitrogens is 3. The number of thioether (sulfide) groups is 1. The van der Waals surface area contributed by atoms with Gasteiger partial charge in [-0.1, -0.05) is 35.5 Å². The van der Waals surface area contributed by atoms with E-state index in [2.05, 4.69) is 39.1 Å². The Morgan fingerprint density at radius 2 is 1.83 bits per heavy atom. The summed E-state index contributed by atoms with van der Waals surface area (Å²) in [6.07, 6.45) is 2.78. The number of carbonyl (C=O) groups is 1. The largest absolute Gasteiger partial charge is 0.497 e. The molecular weight excluding hydrogens is 420 g/mol. The highest BCUT2D eigenvalue weighted by Gasteiger charge is 2.13. The van der Waals surface area contributed by atoms with Crippen LogP contribution in [0.4, 0.5) is 5.69 Å². The van der Waals surface area contributed by atoms with Crippen LogP contribution in [0.25, 0.3) is 0 Å². The third-order valence-electron chi connectivity index (χ3n) is 4.59. The fourth-order valence-corrected chi connectivity index (χ4v) is 3.98. The molecule has 1 amide bonds. The molecule has 0 radical (unpaired) electrons. The van der Waals surface area contributed by atoms with Crippen molar-refractivity contribution in [3.05, 3.63) is 64.9 Å². The quantitative estimate of drug-likeness (QED) is 0.452. The number of carbonyl (C=O) groups excluding carboxylic acids is 1. The van der Waals surface area contributed by atoms with Crippen molar-refractivity contribution in [2.45, 2.75) is 37.9 Å². The minimum absolute atomic E-state index is 0.0889. The van der Waals surface area contributed by atoms with Gasteiger partial charge in [0.15, 0.2) is 5.16 Å². The number of halogens is 1. The molecule has 30 heavy (non-hydrogen) atoms. The third-order valence-corrected chi connectivity index (χ3v) is 5.81. The van der Waals surface area contributed by atoms with Crippen molar-refractivity contribution in [1.29, 1.82) is 0 Å². The molecule has 0 unspecified atom stereocenters. The molecule has 0 aliphatic rings. The highest BCUT2D eigenvalue weighted by Crippen LogP contribution is 2.20. The molecule has 158 valence electrons. The van der Waals surface area contributed by atoms with Crippen molar-refractivity contribution < 1.29 is 9.53 Å². The van der Waals surface area contributed by atoms with Gasteiger partial charge in [-0.3, -0.25) is 4.79 Å². The lowest BCUT2D eigenvalue weighted by molar-refractivity contribution is -0.113. The Labute approximate surface area is 186 Å². The minimum atomic E-state index is -0.0889. The summed E-state index contributed by atoms with van der Waals surface area (Å²) in [7, 11) is 1.67. The van der Waals surface area contributed by atoms with Gasteiger partial charge < -0.3 is 14.6 Å². The van der Waals surface area contributed by atoms with Crippen molar-refractivity contribution in [2.75, 3.05) is 18.2 Å². The smallest absolute Gasteiger partial charge is 0.234 e. The number of hydrogen-bond donors (Lipinski definition) is 1. The van der Waals surface area contributed by atoms with Crippen LogP contribution in [0.3, 0.4) is 0 Å². The molecule has 0 spiro atoms. The van der Waals surface area contributed by atoms with Gasteiger partial charge in [0.05, 0.1) is 12.9 Å². The summed E-state index contributed by atoms with van der Waals surface area (Å²) in [5.74, 6) is 2.00. The van der Waals surface area contributed by atoms with Gasteiger partial charge in [-0.25, -0.2) is 0 Å². The van der Waals surface area contributed by atoms with Crippen LogP contribution in [-0.4, -0.2) is 33.5 Å². The molecule has 0 bridgehead atoms. The number of benzene rings is 2. The summed E-state index contributed by atoms with van der Waals surface area (Å²) in [6, 6.07) is 15.2. The number of aryl methyl sites for hydroxylation is 2. The molecule has 0 atom stereocenters. The van der Waals surface area contributed by atoms with E-state index in [-0.39, 0.29) is 11.7 Å². The Morgan fingerprint density at radius 1 is 1.10 bits per heavy atom. The van der Waals surface area contributed by atoms with E-state index >= 15 is 0 Å². The average molecular weight is 445 g/mol. The summed E-state index contributed by atoms with van der Waals surface area (Å²) in [5, 5.41) is 12.9. The molecule has 0 aliphatic carbocycles. The van der Waals surface area contributed by atoms with E-state index in [1.807, 2.05) is 12.1 Å². The molecule has 0 saturated heterocycles. The van der Waals surface area contributed by atoms with E-state index in [0.717, 1.165) is 48.2 Å². The van der Waals surface area contributed by atoms with Crippen molar-refractivity contribution >= 4 is 35.0 Å². The van der Waals surface area contributed by atoms with E-state index in [1.165, 1.54) is 17.3 Å². The predicted molar refractivity (Wildman–Crippen MR) is 122 cm³/mol. The van der Waals surface area contributed by atoms with Gasteiger partial charge in [-0.05, 0) is 61.7 Å². The van der Waals surface area contributed by atoms with E-state index in [9.17, 15) is 4.79 Å². The molecule has 1 N–H and O–H groups in total. The second kappa shape index (κ2) is 11.0. The molecule has 0 aliphatic heterocycles. The van der Waals surface area contributed by atoms with Crippen LogP contribution in [0.1, 0.15) is 24.7 Å². The van der Waals surface area contributed by atoms with Crippen LogP contribution in [0.15, 0.2) is 53.7 Å². The maximum atomic E-state index is 12.2. The van der Waals surface area contributed by atoms with Gasteiger partial charge in [0, 0.05) is 23.7 Å². The number of methoxy groups -OCH3 is 1. The van der Waals surface area contributed by atoms with E-state index in [0.29, 0.717) is 5.02 Å². The fourth-order valence-electron chi connectivity index (χ4n) is 3.03. The van der Waals surface area contributed by atoms with E-state index < -0.39 is 0 Å². The Hall–Kier alpha value is -2.51. The van der Waals surface area contributed by atoms with Crippen molar-refractivity contribution in [3.63, 3.8) is 0 Å². The van der Waals surface area contributed by atoms with Crippen LogP contribution in [0, 0.1) is 0 Å². The maximum Gasteiger partial charge on any atom is 0.234 e. The Morgan fingerprint density at radius 3 is 2.50 bits per heavy atom. The minimum Gasteiger partial charge on any atom is -0.497 e. The SMILES string of the molecule is CCn1c(CCCc2ccc(OC)cc2)nnc1SCC(=O)Nc1ccc(Cl)cc1. The van der Waals surface area contributed by atoms with Gasteiger partial charge in [0.2, 0.25) is 5.91 Å². The summed E-state index contributed by atoms with van der Waals surface area (Å²) in [6.45, 7) is 2.83. The number of nitrogens with zero attached hydrogens (tertiary/aromatic N) is 3. The molecule has 0 saturated carbocycles. The second-order valence-corrected chi connectivity index (χ2v) is 8.07. The van der Waals surface area contributed by atoms with Crippen molar-refractivity contribution in [1.82, 2.24) is 14.8 Å².